The van der Waals surface area contributed by atoms with E-state index in [1.165, 1.54) is 6.92 Å². The number of anilines is 1. The van der Waals surface area contributed by atoms with Crippen molar-refractivity contribution in [3.05, 3.63) is 65.2 Å². The zero-order chi connectivity index (χ0) is 18.6. The Balaban J connectivity index is 2.07. The molecule has 1 atom stereocenters. The summed E-state index contributed by atoms with van der Waals surface area (Å²) >= 11 is 0. The molecule has 6 heteroatoms. The number of hydrogen-bond acceptors (Lipinski definition) is 3. The minimum absolute atomic E-state index is 0.199. The largest absolute Gasteiger partial charge is 0.449 e. The van der Waals surface area contributed by atoms with Gasteiger partial charge in [0.25, 0.3) is 5.91 Å². The lowest BCUT2D eigenvalue weighted by Crippen LogP contribution is -2.30. The van der Waals surface area contributed by atoms with Gasteiger partial charge in [-0.25, -0.2) is 13.6 Å². The zero-order valence-corrected chi connectivity index (χ0v) is 14.2. The van der Waals surface area contributed by atoms with Gasteiger partial charge in [0.2, 0.25) is 0 Å². The van der Waals surface area contributed by atoms with Crippen molar-refractivity contribution in [3.8, 4) is 0 Å². The average molecular weight is 347 g/mol. The molecule has 0 aliphatic rings. The lowest BCUT2D eigenvalue weighted by Gasteiger charge is -2.17. The third-order valence-corrected chi connectivity index (χ3v) is 3.59. The van der Waals surface area contributed by atoms with Gasteiger partial charge in [-0.15, -0.1) is 0 Å². The predicted molar refractivity (Wildman–Crippen MR) is 90.4 cm³/mol. The van der Waals surface area contributed by atoms with Crippen LogP contribution < -0.4 is 5.32 Å². The van der Waals surface area contributed by atoms with E-state index in [2.05, 4.69) is 5.32 Å². The number of para-hydroxylation sites is 1. The van der Waals surface area contributed by atoms with Crippen molar-refractivity contribution in [2.45, 2.75) is 32.8 Å². The van der Waals surface area contributed by atoms with Crippen molar-refractivity contribution in [1.29, 1.82) is 0 Å². The molecule has 0 aromatic heterocycles. The summed E-state index contributed by atoms with van der Waals surface area (Å²) in [4.78, 5) is 24.2. The maximum atomic E-state index is 13.2. The summed E-state index contributed by atoms with van der Waals surface area (Å²) in [5, 5.41) is 2.71. The number of amides is 1. The molecule has 0 unspecified atom stereocenters. The summed E-state index contributed by atoms with van der Waals surface area (Å²) in [5.74, 6) is -3.09. The van der Waals surface area contributed by atoms with Crippen molar-refractivity contribution in [2.24, 2.45) is 0 Å². The topological polar surface area (TPSA) is 55.4 Å². The highest BCUT2D eigenvalue weighted by Crippen LogP contribution is 2.24. The molecule has 132 valence electrons. The van der Waals surface area contributed by atoms with E-state index in [0.717, 1.165) is 17.7 Å². The van der Waals surface area contributed by atoms with Gasteiger partial charge in [0.1, 0.15) is 11.6 Å². The SMILES string of the molecule is CC(C)c1ccccc1NC(=O)[C@@H](C)OC(=O)c1cc(F)cc(F)c1. The van der Waals surface area contributed by atoms with Crippen molar-refractivity contribution in [3.63, 3.8) is 0 Å². The number of carbonyl (C=O) groups is 2. The second-order valence-corrected chi connectivity index (χ2v) is 5.94. The minimum atomic E-state index is -1.13. The number of halogens is 2. The molecule has 2 aromatic carbocycles. The molecule has 0 bridgehead atoms. The van der Waals surface area contributed by atoms with E-state index in [0.29, 0.717) is 11.8 Å². The Morgan fingerprint density at radius 3 is 2.20 bits per heavy atom. The van der Waals surface area contributed by atoms with Crippen LogP contribution in [0, 0.1) is 11.6 Å². The molecule has 0 aliphatic heterocycles. The van der Waals surface area contributed by atoms with E-state index in [-0.39, 0.29) is 11.5 Å². The van der Waals surface area contributed by atoms with Gasteiger partial charge in [0.15, 0.2) is 6.10 Å². The number of hydrogen-bond donors (Lipinski definition) is 1. The van der Waals surface area contributed by atoms with Crippen LogP contribution in [0.25, 0.3) is 0 Å². The second kappa shape index (κ2) is 7.88. The standard InChI is InChI=1S/C19H19F2NO3/c1-11(2)16-6-4-5-7-17(16)22-18(23)12(3)25-19(24)13-8-14(20)10-15(21)9-13/h4-12H,1-3H3,(H,22,23)/t12-/m1/s1. The van der Waals surface area contributed by atoms with Gasteiger partial charge in [-0.1, -0.05) is 32.0 Å². The van der Waals surface area contributed by atoms with E-state index in [1.54, 1.807) is 12.1 Å². The van der Waals surface area contributed by atoms with Crippen molar-refractivity contribution < 1.29 is 23.1 Å². The lowest BCUT2D eigenvalue weighted by molar-refractivity contribution is -0.123. The smallest absolute Gasteiger partial charge is 0.339 e. The van der Waals surface area contributed by atoms with Gasteiger partial charge in [-0.05, 0) is 36.6 Å². The molecular weight excluding hydrogens is 328 g/mol. The normalized spacial score (nSPS) is 11.9. The zero-order valence-electron chi connectivity index (χ0n) is 14.2. The number of esters is 1. The molecule has 4 nitrogen and oxygen atoms in total. The van der Waals surface area contributed by atoms with Gasteiger partial charge in [-0.2, -0.15) is 0 Å². The molecular formula is C19H19F2NO3. The number of ether oxygens (including phenoxy) is 1. The van der Waals surface area contributed by atoms with E-state index >= 15 is 0 Å². The maximum Gasteiger partial charge on any atom is 0.339 e. The van der Waals surface area contributed by atoms with E-state index in [1.807, 2.05) is 26.0 Å². The highest BCUT2D eigenvalue weighted by molar-refractivity contribution is 5.97. The van der Waals surface area contributed by atoms with Gasteiger partial charge in [0, 0.05) is 11.8 Å². The van der Waals surface area contributed by atoms with E-state index in [4.69, 9.17) is 4.74 Å². The number of carbonyl (C=O) groups excluding carboxylic acids is 2. The summed E-state index contributed by atoms with van der Waals surface area (Å²) in [7, 11) is 0. The van der Waals surface area contributed by atoms with Crippen LogP contribution in [-0.2, 0) is 9.53 Å². The molecule has 0 saturated carbocycles. The fourth-order valence-corrected chi connectivity index (χ4v) is 2.30. The Hall–Kier alpha value is -2.76. The summed E-state index contributed by atoms with van der Waals surface area (Å²) in [6, 6.07) is 9.65. The van der Waals surface area contributed by atoms with Crippen LogP contribution in [0.5, 0.6) is 0 Å². The van der Waals surface area contributed by atoms with Gasteiger partial charge in [-0.3, -0.25) is 4.79 Å². The lowest BCUT2D eigenvalue weighted by atomic mass is 10.0. The summed E-state index contributed by atoms with van der Waals surface area (Å²) < 4.78 is 31.3. The Labute approximate surface area is 144 Å². The molecule has 2 aromatic rings. The fourth-order valence-electron chi connectivity index (χ4n) is 2.30. The molecule has 0 saturated heterocycles. The Morgan fingerprint density at radius 1 is 1.00 bits per heavy atom. The van der Waals surface area contributed by atoms with Crippen LogP contribution in [0.4, 0.5) is 14.5 Å². The van der Waals surface area contributed by atoms with Crippen LogP contribution >= 0.6 is 0 Å². The molecule has 0 spiro atoms. The van der Waals surface area contributed by atoms with E-state index < -0.39 is 29.6 Å². The van der Waals surface area contributed by atoms with Gasteiger partial charge < -0.3 is 10.1 Å². The molecule has 0 fully saturated rings. The van der Waals surface area contributed by atoms with Crippen LogP contribution in [0.15, 0.2) is 42.5 Å². The van der Waals surface area contributed by atoms with Crippen molar-refractivity contribution in [1.82, 2.24) is 0 Å². The first-order valence-electron chi connectivity index (χ1n) is 7.84. The minimum Gasteiger partial charge on any atom is -0.449 e. The van der Waals surface area contributed by atoms with Crippen LogP contribution in [-0.4, -0.2) is 18.0 Å². The first-order chi connectivity index (χ1) is 11.8. The summed E-state index contributed by atoms with van der Waals surface area (Å²) in [6.45, 7) is 5.38. The third-order valence-electron chi connectivity index (χ3n) is 3.59. The first-order valence-corrected chi connectivity index (χ1v) is 7.84. The quantitative estimate of drug-likeness (QED) is 0.822. The van der Waals surface area contributed by atoms with E-state index in [9.17, 15) is 18.4 Å². The fraction of sp³-hybridized carbons (Fsp3) is 0.263. The number of nitrogens with one attached hydrogen (secondary N) is 1. The molecule has 1 N–H and O–H groups in total. The third kappa shape index (κ3) is 4.86. The number of rotatable bonds is 5. The Morgan fingerprint density at radius 2 is 1.60 bits per heavy atom. The van der Waals surface area contributed by atoms with Crippen molar-refractivity contribution in [2.75, 3.05) is 5.32 Å². The highest BCUT2D eigenvalue weighted by Gasteiger charge is 2.21. The number of benzene rings is 2. The van der Waals surface area contributed by atoms with Gasteiger partial charge in [0.05, 0.1) is 5.56 Å². The average Bonchev–Trinajstić information content (AvgIpc) is 2.54. The summed E-state index contributed by atoms with van der Waals surface area (Å²) in [5.41, 5.74) is 1.28. The molecule has 0 aliphatic carbocycles. The predicted octanol–water partition coefficient (Wildman–Crippen LogP) is 4.27. The van der Waals surface area contributed by atoms with Gasteiger partial charge >= 0.3 is 5.97 Å². The molecule has 0 radical (unpaired) electrons. The van der Waals surface area contributed by atoms with Crippen LogP contribution in [0.2, 0.25) is 0 Å². The summed E-state index contributed by atoms with van der Waals surface area (Å²) in [6.07, 6.45) is -1.13. The highest BCUT2D eigenvalue weighted by atomic mass is 19.1. The first kappa shape index (κ1) is 18.6. The monoisotopic (exact) mass is 347 g/mol. The molecule has 25 heavy (non-hydrogen) atoms. The van der Waals surface area contributed by atoms with Crippen LogP contribution in [0.3, 0.4) is 0 Å². The van der Waals surface area contributed by atoms with Crippen LogP contribution in [0.1, 0.15) is 42.6 Å². The maximum absolute atomic E-state index is 13.2. The Bertz CT molecular complexity index is 770. The van der Waals surface area contributed by atoms with Crippen molar-refractivity contribution >= 4 is 17.6 Å². The Kier molecular flexibility index (Phi) is 5.85. The molecule has 2 rings (SSSR count). The molecule has 0 heterocycles. The molecule has 1 amide bonds. The second-order valence-electron chi connectivity index (χ2n) is 5.94.